The summed E-state index contributed by atoms with van der Waals surface area (Å²) in [6.07, 6.45) is 5.28. The number of pyridine rings is 1. The van der Waals surface area contributed by atoms with Crippen LogP contribution in [0, 0.1) is 0 Å². The summed E-state index contributed by atoms with van der Waals surface area (Å²) >= 11 is 0. The number of benzene rings is 1. The van der Waals surface area contributed by atoms with Crippen LogP contribution >= 0.6 is 0 Å². The van der Waals surface area contributed by atoms with Crippen LogP contribution in [-0.4, -0.2) is 27.7 Å². The first kappa shape index (κ1) is 16.6. The molecule has 2 heterocycles. The number of nitrogens with one attached hydrogen (secondary N) is 1. The standard InChI is InChI=1S/C21H23N3O2/c1-14(2)15-6-5-7-17(10-15)26-18-11-16(12-18)23-21(25)19-13-22-24-9-4-3-8-20(19)24/h3-10,13-14,16,18H,11-12H2,1-2H3,(H,23,25)/t16-,18-. The number of aromatic nitrogens is 2. The van der Waals surface area contributed by atoms with Crippen molar-refractivity contribution >= 4 is 11.4 Å². The van der Waals surface area contributed by atoms with Gasteiger partial charge in [0, 0.05) is 25.1 Å². The quantitative estimate of drug-likeness (QED) is 0.762. The zero-order valence-electron chi connectivity index (χ0n) is 15.1. The normalized spacial score (nSPS) is 19.3. The topological polar surface area (TPSA) is 55.6 Å². The molecule has 5 heteroatoms. The van der Waals surface area contributed by atoms with E-state index in [0.29, 0.717) is 11.5 Å². The molecule has 0 radical (unpaired) electrons. The summed E-state index contributed by atoms with van der Waals surface area (Å²) < 4.78 is 7.76. The molecule has 1 N–H and O–H groups in total. The Labute approximate surface area is 153 Å². The molecule has 26 heavy (non-hydrogen) atoms. The van der Waals surface area contributed by atoms with Gasteiger partial charge in [0.25, 0.3) is 5.91 Å². The van der Waals surface area contributed by atoms with Crippen LogP contribution in [0.25, 0.3) is 5.52 Å². The average Bonchev–Trinajstić information content (AvgIpc) is 3.04. The van der Waals surface area contributed by atoms with E-state index in [-0.39, 0.29) is 18.1 Å². The molecular formula is C21H23N3O2. The maximum atomic E-state index is 12.5. The molecule has 1 amide bonds. The summed E-state index contributed by atoms with van der Waals surface area (Å²) in [5.41, 5.74) is 2.71. The molecule has 3 aromatic rings. The van der Waals surface area contributed by atoms with Crippen LogP contribution < -0.4 is 10.1 Å². The van der Waals surface area contributed by atoms with Gasteiger partial charge in [0.1, 0.15) is 11.9 Å². The van der Waals surface area contributed by atoms with Crippen LogP contribution in [0.1, 0.15) is 48.5 Å². The molecule has 1 aliphatic carbocycles. The Morgan fingerprint density at radius 2 is 2.08 bits per heavy atom. The Kier molecular flexibility index (Phi) is 4.37. The molecule has 1 fully saturated rings. The van der Waals surface area contributed by atoms with E-state index in [0.717, 1.165) is 24.1 Å². The largest absolute Gasteiger partial charge is 0.490 e. The van der Waals surface area contributed by atoms with Crippen molar-refractivity contribution in [2.45, 2.75) is 44.8 Å². The molecule has 1 aromatic carbocycles. The fourth-order valence-corrected chi connectivity index (χ4v) is 3.29. The molecule has 0 spiro atoms. The van der Waals surface area contributed by atoms with Gasteiger partial charge in [-0.15, -0.1) is 0 Å². The van der Waals surface area contributed by atoms with Crippen LogP contribution in [0.2, 0.25) is 0 Å². The number of rotatable bonds is 5. The second-order valence-electron chi connectivity index (χ2n) is 7.20. The number of hydrogen-bond donors (Lipinski definition) is 1. The molecule has 134 valence electrons. The van der Waals surface area contributed by atoms with Crippen molar-refractivity contribution in [2.75, 3.05) is 0 Å². The van der Waals surface area contributed by atoms with Gasteiger partial charge in [-0.2, -0.15) is 5.10 Å². The van der Waals surface area contributed by atoms with Gasteiger partial charge in [-0.3, -0.25) is 4.79 Å². The van der Waals surface area contributed by atoms with Gasteiger partial charge in [0.2, 0.25) is 0 Å². The van der Waals surface area contributed by atoms with Crippen molar-refractivity contribution in [1.29, 1.82) is 0 Å². The lowest BCUT2D eigenvalue weighted by atomic mass is 9.89. The number of nitrogens with zero attached hydrogens (tertiary/aromatic N) is 2. The fraction of sp³-hybridized carbons (Fsp3) is 0.333. The first-order valence-corrected chi connectivity index (χ1v) is 9.10. The minimum atomic E-state index is -0.0727. The molecule has 0 atom stereocenters. The lowest BCUT2D eigenvalue weighted by molar-refractivity contribution is 0.0701. The van der Waals surface area contributed by atoms with Crippen LogP contribution in [0.3, 0.4) is 0 Å². The molecule has 2 aromatic heterocycles. The number of ether oxygens (including phenoxy) is 1. The zero-order chi connectivity index (χ0) is 18.1. The Morgan fingerprint density at radius 3 is 2.88 bits per heavy atom. The van der Waals surface area contributed by atoms with E-state index in [9.17, 15) is 4.79 Å². The van der Waals surface area contributed by atoms with Gasteiger partial charge in [-0.1, -0.05) is 32.0 Å². The summed E-state index contributed by atoms with van der Waals surface area (Å²) in [5, 5.41) is 7.30. The SMILES string of the molecule is CC(C)c1cccc(O[C@H]2C[C@H](NC(=O)c3cnn4ccccc34)C2)c1. The second-order valence-corrected chi connectivity index (χ2v) is 7.20. The van der Waals surface area contributed by atoms with Crippen LogP contribution in [0.15, 0.2) is 54.9 Å². The average molecular weight is 349 g/mol. The van der Waals surface area contributed by atoms with Gasteiger partial charge < -0.3 is 10.1 Å². The summed E-state index contributed by atoms with van der Waals surface area (Å²) in [4.78, 5) is 12.5. The van der Waals surface area contributed by atoms with Crippen LogP contribution in [0.4, 0.5) is 0 Å². The van der Waals surface area contributed by atoms with Crippen molar-refractivity contribution in [2.24, 2.45) is 0 Å². The fourth-order valence-electron chi connectivity index (χ4n) is 3.29. The summed E-state index contributed by atoms with van der Waals surface area (Å²) in [7, 11) is 0. The second kappa shape index (κ2) is 6.83. The molecular weight excluding hydrogens is 326 g/mol. The van der Waals surface area contributed by atoms with Gasteiger partial charge in [0.15, 0.2) is 0 Å². The van der Waals surface area contributed by atoms with Crippen molar-refractivity contribution < 1.29 is 9.53 Å². The number of fused-ring (bicyclic) bond motifs is 1. The Bertz CT molecular complexity index is 926. The first-order valence-electron chi connectivity index (χ1n) is 9.10. The maximum absolute atomic E-state index is 12.5. The van der Waals surface area contributed by atoms with E-state index >= 15 is 0 Å². The van der Waals surface area contributed by atoms with E-state index in [1.807, 2.05) is 36.5 Å². The molecule has 1 aliphatic rings. The minimum absolute atomic E-state index is 0.0727. The predicted octanol–water partition coefficient (Wildman–Crippen LogP) is 3.80. The Morgan fingerprint density at radius 1 is 1.23 bits per heavy atom. The highest BCUT2D eigenvalue weighted by molar-refractivity contribution is 6.00. The highest BCUT2D eigenvalue weighted by atomic mass is 16.5. The summed E-state index contributed by atoms with van der Waals surface area (Å²) in [6, 6.07) is 14.1. The monoisotopic (exact) mass is 349 g/mol. The maximum Gasteiger partial charge on any atom is 0.255 e. The van der Waals surface area contributed by atoms with Crippen LogP contribution in [0.5, 0.6) is 5.75 Å². The Balaban J connectivity index is 1.32. The number of hydrogen-bond acceptors (Lipinski definition) is 3. The molecule has 5 nitrogen and oxygen atoms in total. The molecule has 0 unspecified atom stereocenters. The molecule has 0 bridgehead atoms. The number of amides is 1. The number of carbonyl (C=O) groups is 1. The van der Waals surface area contributed by atoms with Gasteiger partial charge in [-0.25, -0.2) is 4.52 Å². The van der Waals surface area contributed by atoms with Gasteiger partial charge >= 0.3 is 0 Å². The third-order valence-electron chi connectivity index (χ3n) is 4.93. The van der Waals surface area contributed by atoms with E-state index in [1.54, 1.807) is 10.7 Å². The lowest BCUT2D eigenvalue weighted by Gasteiger charge is -2.35. The Hall–Kier alpha value is -2.82. The van der Waals surface area contributed by atoms with E-state index in [1.165, 1.54) is 5.56 Å². The van der Waals surface area contributed by atoms with Crippen molar-refractivity contribution in [3.63, 3.8) is 0 Å². The smallest absolute Gasteiger partial charge is 0.255 e. The highest BCUT2D eigenvalue weighted by Gasteiger charge is 2.32. The van der Waals surface area contributed by atoms with Gasteiger partial charge in [0.05, 0.1) is 17.3 Å². The summed E-state index contributed by atoms with van der Waals surface area (Å²) in [6.45, 7) is 4.35. The highest BCUT2D eigenvalue weighted by Crippen LogP contribution is 2.28. The molecule has 0 aliphatic heterocycles. The van der Waals surface area contributed by atoms with E-state index < -0.39 is 0 Å². The lowest BCUT2D eigenvalue weighted by Crippen LogP contribution is -2.49. The number of carbonyl (C=O) groups excluding carboxylic acids is 1. The summed E-state index contributed by atoms with van der Waals surface area (Å²) in [5.74, 6) is 1.32. The van der Waals surface area contributed by atoms with E-state index in [4.69, 9.17) is 4.74 Å². The zero-order valence-corrected chi connectivity index (χ0v) is 15.1. The minimum Gasteiger partial charge on any atom is -0.490 e. The van der Waals surface area contributed by atoms with Crippen molar-refractivity contribution in [3.8, 4) is 5.75 Å². The van der Waals surface area contributed by atoms with Crippen molar-refractivity contribution in [1.82, 2.24) is 14.9 Å². The van der Waals surface area contributed by atoms with Crippen LogP contribution in [-0.2, 0) is 0 Å². The third kappa shape index (κ3) is 3.29. The first-order chi connectivity index (χ1) is 12.6. The van der Waals surface area contributed by atoms with Crippen molar-refractivity contribution in [3.05, 3.63) is 66.0 Å². The predicted molar refractivity (Wildman–Crippen MR) is 101 cm³/mol. The van der Waals surface area contributed by atoms with E-state index in [2.05, 4.69) is 36.4 Å². The molecule has 1 saturated carbocycles. The third-order valence-corrected chi connectivity index (χ3v) is 4.93. The molecule has 0 saturated heterocycles. The molecule has 4 rings (SSSR count). The van der Waals surface area contributed by atoms with Gasteiger partial charge in [-0.05, 0) is 35.7 Å².